The number of hydrogen-bond acceptors (Lipinski definition) is 3. The molecule has 0 fully saturated rings. The van der Waals surface area contributed by atoms with Crippen molar-refractivity contribution in [2.24, 2.45) is 7.05 Å². The lowest BCUT2D eigenvalue weighted by Crippen LogP contribution is -2.20. The summed E-state index contributed by atoms with van der Waals surface area (Å²) in [7, 11) is 3.86. The summed E-state index contributed by atoms with van der Waals surface area (Å²) < 4.78 is 1.80. The molecule has 0 aliphatic rings. The van der Waals surface area contributed by atoms with Crippen molar-refractivity contribution in [1.29, 1.82) is 0 Å². The first-order valence-corrected chi connectivity index (χ1v) is 5.72. The third-order valence-corrected chi connectivity index (χ3v) is 3.20. The highest BCUT2D eigenvalue weighted by molar-refractivity contribution is 5.34. The number of aromatic nitrogens is 3. The summed E-state index contributed by atoms with van der Waals surface area (Å²) in [5.74, 6) is 0. The second-order valence-electron chi connectivity index (χ2n) is 4.35. The maximum atomic E-state index is 3.98. The molecule has 1 aromatic heterocycles. The van der Waals surface area contributed by atoms with E-state index in [1.54, 1.807) is 10.9 Å². The molecule has 1 heterocycles. The summed E-state index contributed by atoms with van der Waals surface area (Å²) in [6.07, 6.45) is 1.80. The molecule has 90 valence electrons. The molecular formula is C13H18N4. The first kappa shape index (κ1) is 11.8. The third kappa shape index (κ3) is 2.22. The number of aryl methyl sites for hydroxylation is 3. The Bertz CT molecular complexity index is 516. The van der Waals surface area contributed by atoms with Crippen LogP contribution in [-0.4, -0.2) is 22.0 Å². The first-order valence-electron chi connectivity index (χ1n) is 5.72. The summed E-state index contributed by atoms with van der Waals surface area (Å²) in [5, 5.41) is 11.2. The molecule has 0 amide bonds. The van der Waals surface area contributed by atoms with Gasteiger partial charge in [-0.3, -0.25) is 4.68 Å². The van der Waals surface area contributed by atoms with E-state index in [2.05, 4.69) is 47.7 Å². The van der Waals surface area contributed by atoms with Crippen LogP contribution in [0.15, 0.2) is 24.4 Å². The van der Waals surface area contributed by atoms with E-state index in [1.807, 2.05) is 14.1 Å². The highest BCUT2D eigenvalue weighted by atomic mass is 15.4. The van der Waals surface area contributed by atoms with E-state index in [0.29, 0.717) is 0 Å². The van der Waals surface area contributed by atoms with E-state index in [4.69, 9.17) is 0 Å². The lowest BCUT2D eigenvalue weighted by atomic mass is 9.99. The molecule has 0 saturated carbocycles. The Morgan fingerprint density at radius 2 is 2.00 bits per heavy atom. The fourth-order valence-electron chi connectivity index (χ4n) is 1.99. The van der Waals surface area contributed by atoms with Gasteiger partial charge in [0.2, 0.25) is 0 Å². The van der Waals surface area contributed by atoms with Crippen LogP contribution in [0.3, 0.4) is 0 Å². The number of benzene rings is 1. The lowest BCUT2D eigenvalue weighted by molar-refractivity contribution is 0.597. The van der Waals surface area contributed by atoms with Crippen LogP contribution in [0.4, 0.5) is 0 Å². The van der Waals surface area contributed by atoms with Gasteiger partial charge in [0, 0.05) is 7.05 Å². The van der Waals surface area contributed by atoms with Crippen LogP contribution in [0.5, 0.6) is 0 Å². The normalized spacial score (nSPS) is 12.7. The van der Waals surface area contributed by atoms with E-state index in [0.717, 1.165) is 5.69 Å². The van der Waals surface area contributed by atoms with Crippen molar-refractivity contribution >= 4 is 0 Å². The minimum atomic E-state index is 0.134. The average molecular weight is 230 g/mol. The molecule has 0 aliphatic carbocycles. The molecule has 1 aromatic carbocycles. The molecule has 0 saturated heterocycles. The molecule has 0 aliphatic heterocycles. The van der Waals surface area contributed by atoms with Gasteiger partial charge >= 0.3 is 0 Å². The van der Waals surface area contributed by atoms with Crippen LogP contribution in [0, 0.1) is 13.8 Å². The topological polar surface area (TPSA) is 42.7 Å². The number of nitrogens with zero attached hydrogens (tertiary/aromatic N) is 3. The van der Waals surface area contributed by atoms with E-state index < -0.39 is 0 Å². The molecule has 1 unspecified atom stereocenters. The maximum absolute atomic E-state index is 3.98. The fourth-order valence-corrected chi connectivity index (χ4v) is 1.99. The molecule has 1 N–H and O–H groups in total. The Hall–Kier alpha value is -1.68. The van der Waals surface area contributed by atoms with Crippen molar-refractivity contribution in [3.8, 4) is 0 Å². The van der Waals surface area contributed by atoms with Crippen molar-refractivity contribution in [3.05, 3.63) is 46.8 Å². The van der Waals surface area contributed by atoms with E-state index in [1.165, 1.54) is 16.7 Å². The number of nitrogens with one attached hydrogen (secondary N) is 1. The van der Waals surface area contributed by atoms with Gasteiger partial charge in [-0.2, -0.15) is 0 Å². The van der Waals surface area contributed by atoms with Crippen molar-refractivity contribution in [1.82, 2.24) is 20.3 Å². The highest BCUT2D eigenvalue weighted by Gasteiger charge is 2.16. The monoisotopic (exact) mass is 230 g/mol. The Balaban J connectivity index is 2.42. The van der Waals surface area contributed by atoms with Gasteiger partial charge in [-0.05, 0) is 37.6 Å². The quantitative estimate of drug-likeness (QED) is 0.873. The summed E-state index contributed by atoms with van der Waals surface area (Å²) in [6, 6.07) is 6.65. The Morgan fingerprint density at radius 1 is 1.24 bits per heavy atom. The Kier molecular flexibility index (Phi) is 3.24. The van der Waals surface area contributed by atoms with Crippen LogP contribution in [0.1, 0.15) is 28.4 Å². The van der Waals surface area contributed by atoms with Gasteiger partial charge in [-0.25, -0.2) is 0 Å². The highest BCUT2D eigenvalue weighted by Crippen LogP contribution is 2.22. The average Bonchev–Trinajstić information content (AvgIpc) is 2.71. The zero-order valence-electron chi connectivity index (χ0n) is 10.7. The molecule has 2 rings (SSSR count). The van der Waals surface area contributed by atoms with Crippen molar-refractivity contribution in [2.45, 2.75) is 19.9 Å². The maximum Gasteiger partial charge on any atom is 0.0798 e. The van der Waals surface area contributed by atoms with E-state index in [9.17, 15) is 0 Å². The summed E-state index contributed by atoms with van der Waals surface area (Å²) in [4.78, 5) is 0. The van der Waals surface area contributed by atoms with Gasteiger partial charge < -0.3 is 5.32 Å². The standard InChI is InChI=1S/C13H18N4/c1-9-5-6-11(7-10(9)2)13(14-3)12-8-15-16-17(12)4/h5-8,13-14H,1-4H3. The van der Waals surface area contributed by atoms with Gasteiger partial charge in [0.1, 0.15) is 0 Å². The van der Waals surface area contributed by atoms with Crippen LogP contribution >= 0.6 is 0 Å². The lowest BCUT2D eigenvalue weighted by Gasteiger charge is -2.17. The number of hydrogen-bond donors (Lipinski definition) is 1. The van der Waals surface area contributed by atoms with Crippen LogP contribution in [0.2, 0.25) is 0 Å². The predicted octanol–water partition coefficient (Wildman–Crippen LogP) is 1.74. The zero-order chi connectivity index (χ0) is 12.4. The smallest absolute Gasteiger partial charge is 0.0798 e. The third-order valence-electron chi connectivity index (χ3n) is 3.20. The van der Waals surface area contributed by atoms with Gasteiger partial charge in [0.25, 0.3) is 0 Å². The van der Waals surface area contributed by atoms with Crippen molar-refractivity contribution in [2.75, 3.05) is 7.05 Å². The molecule has 1 atom stereocenters. The van der Waals surface area contributed by atoms with E-state index in [-0.39, 0.29) is 6.04 Å². The molecule has 17 heavy (non-hydrogen) atoms. The molecule has 0 radical (unpaired) electrons. The summed E-state index contributed by atoms with van der Waals surface area (Å²) in [5.41, 5.74) is 4.92. The first-order chi connectivity index (χ1) is 8.13. The SMILES string of the molecule is CNC(c1ccc(C)c(C)c1)c1cnnn1C. The van der Waals surface area contributed by atoms with Crippen LogP contribution in [0.25, 0.3) is 0 Å². The van der Waals surface area contributed by atoms with Gasteiger partial charge in [0.15, 0.2) is 0 Å². The molecule has 4 heteroatoms. The van der Waals surface area contributed by atoms with Crippen LogP contribution < -0.4 is 5.32 Å². The molecule has 0 spiro atoms. The second-order valence-corrected chi connectivity index (χ2v) is 4.35. The second kappa shape index (κ2) is 4.67. The molecule has 4 nitrogen and oxygen atoms in total. The van der Waals surface area contributed by atoms with Crippen molar-refractivity contribution < 1.29 is 0 Å². The summed E-state index contributed by atoms with van der Waals surface area (Å²) >= 11 is 0. The van der Waals surface area contributed by atoms with Gasteiger partial charge in [0.05, 0.1) is 17.9 Å². The largest absolute Gasteiger partial charge is 0.308 e. The zero-order valence-corrected chi connectivity index (χ0v) is 10.7. The Morgan fingerprint density at radius 3 is 2.53 bits per heavy atom. The summed E-state index contributed by atoms with van der Waals surface area (Å²) in [6.45, 7) is 4.26. The minimum absolute atomic E-state index is 0.134. The van der Waals surface area contributed by atoms with Crippen molar-refractivity contribution in [3.63, 3.8) is 0 Å². The predicted molar refractivity (Wildman–Crippen MR) is 67.8 cm³/mol. The Labute approximate surface area is 102 Å². The molecule has 2 aromatic rings. The molecule has 0 bridgehead atoms. The fraction of sp³-hybridized carbons (Fsp3) is 0.385. The van der Waals surface area contributed by atoms with Gasteiger partial charge in [-0.15, -0.1) is 5.10 Å². The van der Waals surface area contributed by atoms with E-state index >= 15 is 0 Å². The number of rotatable bonds is 3. The van der Waals surface area contributed by atoms with Gasteiger partial charge in [-0.1, -0.05) is 23.4 Å². The van der Waals surface area contributed by atoms with Crippen LogP contribution in [-0.2, 0) is 7.05 Å². The molecular weight excluding hydrogens is 212 g/mol. The minimum Gasteiger partial charge on any atom is -0.308 e.